The molecule has 2 rings (SSSR count). The lowest BCUT2D eigenvalue weighted by molar-refractivity contribution is -0.118. The van der Waals surface area contributed by atoms with Crippen molar-refractivity contribution in [3.8, 4) is 0 Å². The van der Waals surface area contributed by atoms with Gasteiger partial charge in [0.15, 0.2) is 0 Å². The number of pyridine rings is 1. The highest BCUT2D eigenvalue weighted by molar-refractivity contribution is 9.10. The van der Waals surface area contributed by atoms with E-state index in [0.29, 0.717) is 24.4 Å². The summed E-state index contributed by atoms with van der Waals surface area (Å²) in [5, 5.41) is 2.84. The zero-order valence-corrected chi connectivity index (χ0v) is 13.0. The van der Waals surface area contributed by atoms with Crippen LogP contribution in [-0.2, 0) is 4.79 Å². The van der Waals surface area contributed by atoms with Gasteiger partial charge in [0.2, 0.25) is 5.91 Å². The minimum atomic E-state index is 0.00965. The molecule has 0 radical (unpaired) electrons. The van der Waals surface area contributed by atoms with Crippen molar-refractivity contribution >= 4 is 27.7 Å². The Kier molecular flexibility index (Phi) is 4.93. The van der Waals surface area contributed by atoms with Gasteiger partial charge >= 0.3 is 0 Å². The molecule has 0 spiro atoms. The van der Waals surface area contributed by atoms with Crippen molar-refractivity contribution in [1.29, 1.82) is 0 Å². The predicted molar refractivity (Wildman–Crippen MR) is 80.0 cm³/mol. The SMILES string of the molecule is CC1CCCC(C)N1CC(=O)Nc1ccc(Br)cn1. The average Bonchev–Trinajstić information content (AvgIpc) is 2.37. The zero-order chi connectivity index (χ0) is 13.8. The van der Waals surface area contributed by atoms with Gasteiger partial charge in [0, 0.05) is 22.8 Å². The van der Waals surface area contributed by atoms with Crippen molar-refractivity contribution in [3.05, 3.63) is 22.8 Å². The molecule has 1 aromatic heterocycles. The van der Waals surface area contributed by atoms with Crippen LogP contribution in [0.25, 0.3) is 0 Å². The minimum Gasteiger partial charge on any atom is -0.310 e. The Morgan fingerprint density at radius 3 is 2.68 bits per heavy atom. The Labute approximate surface area is 122 Å². The number of likely N-dealkylation sites (tertiary alicyclic amines) is 1. The van der Waals surface area contributed by atoms with E-state index in [0.717, 1.165) is 4.47 Å². The van der Waals surface area contributed by atoms with Crippen molar-refractivity contribution in [2.24, 2.45) is 0 Å². The molecule has 104 valence electrons. The number of rotatable bonds is 3. The van der Waals surface area contributed by atoms with E-state index in [2.05, 4.69) is 45.0 Å². The zero-order valence-electron chi connectivity index (χ0n) is 11.4. The first kappa shape index (κ1) is 14.5. The first-order chi connectivity index (χ1) is 9.06. The van der Waals surface area contributed by atoms with E-state index in [9.17, 15) is 4.79 Å². The van der Waals surface area contributed by atoms with Gasteiger partial charge in [-0.05, 0) is 54.8 Å². The van der Waals surface area contributed by atoms with Gasteiger partial charge in [0.1, 0.15) is 5.82 Å². The molecule has 0 aliphatic carbocycles. The number of carbonyl (C=O) groups excluding carboxylic acids is 1. The van der Waals surface area contributed by atoms with E-state index in [1.54, 1.807) is 12.3 Å². The summed E-state index contributed by atoms with van der Waals surface area (Å²) in [7, 11) is 0. The van der Waals surface area contributed by atoms with Crippen LogP contribution < -0.4 is 5.32 Å². The Balaban J connectivity index is 1.91. The van der Waals surface area contributed by atoms with Gasteiger partial charge < -0.3 is 5.32 Å². The van der Waals surface area contributed by atoms with Crippen LogP contribution in [0.2, 0.25) is 0 Å². The topological polar surface area (TPSA) is 45.2 Å². The number of aromatic nitrogens is 1. The lowest BCUT2D eigenvalue weighted by Gasteiger charge is -2.38. The van der Waals surface area contributed by atoms with Crippen LogP contribution in [0.4, 0.5) is 5.82 Å². The summed E-state index contributed by atoms with van der Waals surface area (Å²) in [5.74, 6) is 0.612. The van der Waals surface area contributed by atoms with Gasteiger partial charge in [-0.25, -0.2) is 4.98 Å². The second-order valence-electron chi connectivity index (χ2n) is 5.21. The fraction of sp³-hybridized carbons (Fsp3) is 0.571. The van der Waals surface area contributed by atoms with E-state index in [1.807, 2.05) is 6.07 Å². The van der Waals surface area contributed by atoms with Crippen LogP contribution in [0, 0.1) is 0 Å². The number of hydrogen-bond acceptors (Lipinski definition) is 3. The number of amides is 1. The number of anilines is 1. The fourth-order valence-corrected chi connectivity index (χ4v) is 2.82. The van der Waals surface area contributed by atoms with Gasteiger partial charge in [-0.2, -0.15) is 0 Å². The molecule has 2 heterocycles. The smallest absolute Gasteiger partial charge is 0.239 e. The Morgan fingerprint density at radius 1 is 1.42 bits per heavy atom. The summed E-state index contributed by atoms with van der Waals surface area (Å²) in [6.07, 6.45) is 5.29. The molecule has 1 N–H and O–H groups in total. The molecule has 2 atom stereocenters. The van der Waals surface area contributed by atoms with Crippen molar-refractivity contribution in [1.82, 2.24) is 9.88 Å². The number of carbonyl (C=O) groups is 1. The second-order valence-corrected chi connectivity index (χ2v) is 6.13. The monoisotopic (exact) mass is 325 g/mol. The van der Waals surface area contributed by atoms with Gasteiger partial charge in [-0.3, -0.25) is 9.69 Å². The van der Waals surface area contributed by atoms with E-state index in [-0.39, 0.29) is 5.91 Å². The largest absolute Gasteiger partial charge is 0.310 e. The maximum Gasteiger partial charge on any atom is 0.239 e. The summed E-state index contributed by atoms with van der Waals surface area (Å²) >= 11 is 3.32. The second kappa shape index (κ2) is 6.48. The first-order valence-corrected chi connectivity index (χ1v) is 7.52. The maximum atomic E-state index is 12.1. The molecule has 1 saturated heterocycles. The minimum absolute atomic E-state index is 0.00965. The molecular weight excluding hydrogens is 306 g/mol. The van der Waals surface area contributed by atoms with Crippen molar-refractivity contribution in [2.45, 2.75) is 45.2 Å². The van der Waals surface area contributed by atoms with Crippen LogP contribution in [-0.4, -0.2) is 34.4 Å². The summed E-state index contributed by atoms with van der Waals surface area (Å²) in [6.45, 7) is 4.84. The average molecular weight is 326 g/mol. The van der Waals surface area contributed by atoms with E-state index >= 15 is 0 Å². The van der Waals surface area contributed by atoms with E-state index in [4.69, 9.17) is 0 Å². The number of piperidine rings is 1. The fourth-order valence-electron chi connectivity index (χ4n) is 2.58. The van der Waals surface area contributed by atoms with Crippen LogP contribution in [0.5, 0.6) is 0 Å². The van der Waals surface area contributed by atoms with Gasteiger partial charge in [-0.1, -0.05) is 6.42 Å². The third-order valence-corrected chi connectivity index (χ3v) is 4.17. The molecule has 0 aromatic carbocycles. The van der Waals surface area contributed by atoms with E-state index in [1.165, 1.54) is 19.3 Å². The number of nitrogens with one attached hydrogen (secondary N) is 1. The molecule has 1 aromatic rings. The summed E-state index contributed by atoms with van der Waals surface area (Å²) in [4.78, 5) is 18.5. The molecule has 4 nitrogen and oxygen atoms in total. The lowest BCUT2D eigenvalue weighted by atomic mass is 9.97. The molecule has 0 bridgehead atoms. The third kappa shape index (κ3) is 4.01. The summed E-state index contributed by atoms with van der Waals surface area (Å²) < 4.78 is 0.906. The number of hydrogen-bond donors (Lipinski definition) is 1. The Morgan fingerprint density at radius 2 is 2.11 bits per heavy atom. The third-order valence-electron chi connectivity index (χ3n) is 3.70. The molecular formula is C14H20BrN3O. The standard InChI is InChI=1S/C14H20BrN3O/c1-10-4-3-5-11(2)18(10)9-14(19)17-13-7-6-12(15)8-16-13/h6-8,10-11H,3-5,9H2,1-2H3,(H,16,17,19). The molecule has 1 amide bonds. The molecule has 1 fully saturated rings. The van der Waals surface area contributed by atoms with Crippen LogP contribution in [0.15, 0.2) is 22.8 Å². The highest BCUT2D eigenvalue weighted by atomic mass is 79.9. The maximum absolute atomic E-state index is 12.1. The van der Waals surface area contributed by atoms with Gasteiger partial charge in [0.05, 0.1) is 6.54 Å². The Hall–Kier alpha value is -0.940. The molecule has 19 heavy (non-hydrogen) atoms. The first-order valence-electron chi connectivity index (χ1n) is 6.73. The molecule has 2 unspecified atom stereocenters. The molecule has 0 saturated carbocycles. The van der Waals surface area contributed by atoms with E-state index < -0.39 is 0 Å². The number of nitrogens with zero attached hydrogens (tertiary/aromatic N) is 2. The number of halogens is 1. The predicted octanol–water partition coefficient (Wildman–Crippen LogP) is 3.05. The summed E-state index contributed by atoms with van der Waals surface area (Å²) in [6, 6.07) is 4.62. The van der Waals surface area contributed by atoms with Crippen LogP contribution >= 0.6 is 15.9 Å². The molecule has 1 aliphatic heterocycles. The molecule has 5 heteroatoms. The van der Waals surface area contributed by atoms with Crippen LogP contribution in [0.1, 0.15) is 33.1 Å². The quantitative estimate of drug-likeness (QED) is 0.929. The summed E-state index contributed by atoms with van der Waals surface area (Å²) in [5.41, 5.74) is 0. The lowest BCUT2D eigenvalue weighted by Crippen LogP contribution is -2.47. The Bertz CT molecular complexity index is 425. The van der Waals surface area contributed by atoms with Gasteiger partial charge in [-0.15, -0.1) is 0 Å². The highest BCUT2D eigenvalue weighted by Gasteiger charge is 2.26. The van der Waals surface area contributed by atoms with Crippen LogP contribution in [0.3, 0.4) is 0 Å². The van der Waals surface area contributed by atoms with Gasteiger partial charge in [0.25, 0.3) is 0 Å². The normalized spacial score (nSPS) is 24.2. The van der Waals surface area contributed by atoms with Crippen molar-refractivity contribution in [3.63, 3.8) is 0 Å². The highest BCUT2D eigenvalue weighted by Crippen LogP contribution is 2.22. The van der Waals surface area contributed by atoms with Crippen molar-refractivity contribution in [2.75, 3.05) is 11.9 Å². The van der Waals surface area contributed by atoms with Crippen molar-refractivity contribution < 1.29 is 4.79 Å². The molecule has 1 aliphatic rings.